The van der Waals surface area contributed by atoms with Gasteiger partial charge in [0.05, 0.1) is 24.7 Å². The summed E-state index contributed by atoms with van der Waals surface area (Å²) < 4.78 is 41.8. The molecule has 10 heteroatoms. The van der Waals surface area contributed by atoms with E-state index in [2.05, 4.69) is 4.72 Å². The molecule has 0 atom stereocenters. The fourth-order valence-electron chi connectivity index (χ4n) is 2.66. The fourth-order valence-corrected chi connectivity index (χ4v) is 3.73. The Bertz CT molecular complexity index is 963. The van der Waals surface area contributed by atoms with E-state index in [1.54, 1.807) is 25.5 Å². The molecule has 0 saturated carbocycles. The zero-order chi connectivity index (χ0) is 22.1. The van der Waals surface area contributed by atoms with Gasteiger partial charge in [0.1, 0.15) is 5.70 Å². The topological polar surface area (TPSA) is 111 Å². The Hall–Kier alpha value is -2.95. The number of carbonyl (C=O) groups excluding carboxylic acids is 2. The summed E-state index contributed by atoms with van der Waals surface area (Å²) >= 11 is 0. The molecule has 0 spiro atoms. The molecule has 0 aromatic heterocycles. The van der Waals surface area contributed by atoms with E-state index in [1.165, 1.54) is 49.5 Å². The third-order valence-electron chi connectivity index (χ3n) is 4.13. The summed E-state index contributed by atoms with van der Waals surface area (Å²) in [5.41, 5.74) is 0.406. The standard InChI is InChI=1S/C20H24N2O7S/c1-27-14-6-12-21-30(25,26)16-10-8-15(9-11-16)22-13-5-4-7-17(19(23)28-2)18(22)20(24)29-3/h4-5,7-11,13,21H,6,12,14H2,1-3H3. The lowest BCUT2D eigenvalue weighted by atomic mass is 10.1. The highest BCUT2D eigenvalue weighted by Crippen LogP contribution is 2.27. The maximum Gasteiger partial charge on any atom is 0.355 e. The first kappa shape index (κ1) is 23.3. The number of benzene rings is 1. The van der Waals surface area contributed by atoms with E-state index < -0.39 is 22.0 Å². The zero-order valence-corrected chi connectivity index (χ0v) is 17.8. The minimum absolute atomic E-state index is 0.00542. The molecule has 0 radical (unpaired) electrons. The number of nitrogens with zero attached hydrogens (tertiary/aromatic N) is 1. The van der Waals surface area contributed by atoms with Crippen molar-refractivity contribution in [3.8, 4) is 0 Å². The maximum absolute atomic E-state index is 12.4. The number of ether oxygens (including phenoxy) is 3. The SMILES string of the molecule is COCCCNS(=O)(=O)c1ccc(N2C=CC=CC(C(=O)OC)=C2C(=O)OC)cc1. The molecule has 1 aliphatic heterocycles. The van der Waals surface area contributed by atoms with Gasteiger partial charge in [-0.3, -0.25) is 0 Å². The predicted molar refractivity (Wildman–Crippen MR) is 110 cm³/mol. The molecular weight excluding hydrogens is 412 g/mol. The number of methoxy groups -OCH3 is 3. The molecule has 1 heterocycles. The molecule has 1 aliphatic rings. The monoisotopic (exact) mass is 436 g/mol. The number of nitrogens with one attached hydrogen (secondary N) is 1. The van der Waals surface area contributed by atoms with Crippen LogP contribution < -0.4 is 9.62 Å². The number of esters is 2. The van der Waals surface area contributed by atoms with Gasteiger partial charge >= 0.3 is 11.9 Å². The summed E-state index contributed by atoms with van der Waals surface area (Å²) in [6.45, 7) is 0.693. The zero-order valence-electron chi connectivity index (χ0n) is 17.0. The number of anilines is 1. The van der Waals surface area contributed by atoms with Crippen molar-refractivity contribution in [3.05, 3.63) is 60.0 Å². The van der Waals surface area contributed by atoms with Crippen LogP contribution in [0.2, 0.25) is 0 Å². The highest BCUT2D eigenvalue weighted by Gasteiger charge is 2.27. The first-order valence-corrected chi connectivity index (χ1v) is 10.5. The van der Waals surface area contributed by atoms with E-state index in [0.717, 1.165) is 0 Å². The Morgan fingerprint density at radius 1 is 1.00 bits per heavy atom. The van der Waals surface area contributed by atoms with Crippen molar-refractivity contribution in [3.63, 3.8) is 0 Å². The van der Waals surface area contributed by atoms with Crippen LogP contribution in [0, 0.1) is 0 Å². The second-order valence-corrected chi connectivity index (χ2v) is 7.82. The molecule has 0 amide bonds. The number of carbonyl (C=O) groups is 2. The molecule has 162 valence electrons. The van der Waals surface area contributed by atoms with Crippen LogP contribution in [-0.4, -0.2) is 54.8 Å². The van der Waals surface area contributed by atoms with E-state index >= 15 is 0 Å². The van der Waals surface area contributed by atoms with Gasteiger partial charge in [0.2, 0.25) is 10.0 Å². The van der Waals surface area contributed by atoms with Crippen molar-refractivity contribution in [2.75, 3.05) is 39.4 Å². The Morgan fingerprint density at radius 3 is 2.27 bits per heavy atom. The van der Waals surface area contributed by atoms with E-state index in [9.17, 15) is 18.0 Å². The molecule has 1 aromatic rings. The van der Waals surface area contributed by atoms with Crippen LogP contribution in [0.15, 0.2) is 64.9 Å². The van der Waals surface area contributed by atoms with Crippen LogP contribution in [0.3, 0.4) is 0 Å². The smallest absolute Gasteiger partial charge is 0.355 e. The minimum Gasteiger partial charge on any atom is -0.465 e. The molecule has 1 N–H and O–H groups in total. The average molecular weight is 436 g/mol. The molecule has 0 fully saturated rings. The molecule has 9 nitrogen and oxygen atoms in total. The first-order chi connectivity index (χ1) is 14.4. The van der Waals surface area contributed by atoms with Crippen LogP contribution in [0.5, 0.6) is 0 Å². The van der Waals surface area contributed by atoms with Crippen LogP contribution >= 0.6 is 0 Å². The summed E-state index contributed by atoms with van der Waals surface area (Å²) in [5.74, 6) is -1.46. The Labute approximate surface area is 175 Å². The second-order valence-electron chi connectivity index (χ2n) is 6.05. The third-order valence-corrected chi connectivity index (χ3v) is 5.61. The maximum atomic E-state index is 12.4. The lowest BCUT2D eigenvalue weighted by Gasteiger charge is -2.23. The van der Waals surface area contributed by atoms with Gasteiger partial charge < -0.3 is 19.1 Å². The van der Waals surface area contributed by atoms with Gasteiger partial charge in [0.25, 0.3) is 0 Å². The van der Waals surface area contributed by atoms with Crippen molar-refractivity contribution in [2.45, 2.75) is 11.3 Å². The average Bonchev–Trinajstić information content (AvgIpc) is 2.98. The lowest BCUT2D eigenvalue weighted by Crippen LogP contribution is -2.27. The molecule has 0 aliphatic carbocycles. The summed E-state index contributed by atoms with van der Waals surface area (Å²) in [4.78, 5) is 26.1. The minimum atomic E-state index is -3.69. The van der Waals surface area contributed by atoms with Crippen LogP contribution in [0.4, 0.5) is 5.69 Å². The summed E-state index contributed by atoms with van der Waals surface area (Å²) in [5, 5.41) is 0. The molecule has 0 bridgehead atoms. The van der Waals surface area contributed by atoms with E-state index in [1.807, 2.05) is 0 Å². The van der Waals surface area contributed by atoms with Crippen molar-refractivity contribution in [2.24, 2.45) is 0 Å². The Morgan fingerprint density at radius 2 is 1.67 bits per heavy atom. The molecule has 0 unspecified atom stereocenters. The second kappa shape index (κ2) is 10.7. The normalized spacial score (nSPS) is 13.9. The quantitative estimate of drug-likeness (QED) is 0.458. The Balaban J connectivity index is 2.37. The molecular formula is C20H24N2O7S. The van der Waals surface area contributed by atoms with Crippen molar-refractivity contribution in [1.82, 2.24) is 4.72 Å². The molecule has 30 heavy (non-hydrogen) atoms. The number of hydrogen-bond donors (Lipinski definition) is 1. The number of allylic oxidation sites excluding steroid dienone is 2. The Kier molecular flexibility index (Phi) is 8.34. The largest absolute Gasteiger partial charge is 0.465 e. The number of hydrogen-bond acceptors (Lipinski definition) is 8. The van der Waals surface area contributed by atoms with Crippen molar-refractivity contribution in [1.29, 1.82) is 0 Å². The summed E-state index contributed by atoms with van der Waals surface area (Å²) in [7, 11) is 0.262. The van der Waals surface area contributed by atoms with Gasteiger partial charge in [-0.05, 0) is 42.8 Å². The van der Waals surface area contributed by atoms with Gasteiger partial charge in [0.15, 0.2) is 0 Å². The van der Waals surface area contributed by atoms with Gasteiger partial charge in [-0.15, -0.1) is 0 Å². The molecule has 1 aromatic carbocycles. The van der Waals surface area contributed by atoms with Crippen molar-refractivity contribution >= 4 is 27.6 Å². The molecule has 2 rings (SSSR count). The fraction of sp³-hybridized carbons (Fsp3) is 0.300. The van der Waals surface area contributed by atoms with Crippen LogP contribution in [0.25, 0.3) is 0 Å². The predicted octanol–water partition coefficient (Wildman–Crippen LogP) is 1.49. The summed E-state index contributed by atoms with van der Waals surface area (Å²) in [6, 6.07) is 5.87. The third kappa shape index (κ3) is 5.56. The van der Waals surface area contributed by atoms with Crippen LogP contribution in [0.1, 0.15) is 6.42 Å². The number of rotatable bonds is 9. The van der Waals surface area contributed by atoms with Gasteiger partial charge in [-0.25, -0.2) is 22.7 Å². The van der Waals surface area contributed by atoms with E-state index in [0.29, 0.717) is 18.7 Å². The van der Waals surface area contributed by atoms with E-state index in [-0.39, 0.29) is 22.7 Å². The van der Waals surface area contributed by atoms with Gasteiger partial charge in [-0.2, -0.15) is 0 Å². The highest BCUT2D eigenvalue weighted by molar-refractivity contribution is 7.89. The van der Waals surface area contributed by atoms with Gasteiger partial charge in [0, 0.05) is 32.1 Å². The van der Waals surface area contributed by atoms with E-state index in [4.69, 9.17) is 14.2 Å². The van der Waals surface area contributed by atoms with Crippen molar-refractivity contribution < 1.29 is 32.2 Å². The molecule has 0 saturated heterocycles. The number of sulfonamides is 1. The van der Waals surface area contributed by atoms with Gasteiger partial charge in [-0.1, -0.05) is 6.08 Å². The van der Waals surface area contributed by atoms with Crippen LogP contribution in [-0.2, 0) is 33.8 Å². The first-order valence-electron chi connectivity index (χ1n) is 8.99. The summed E-state index contributed by atoms with van der Waals surface area (Å²) in [6.07, 6.45) is 6.75. The highest BCUT2D eigenvalue weighted by atomic mass is 32.2. The lowest BCUT2D eigenvalue weighted by molar-refractivity contribution is -0.139.